The minimum absolute atomic E-state index is 0. The zero-order valence-corrected chi connectivity index (χ0v) is 18.7. The molecule has 0 saturated carbocycles. The Hall–Kier alpha value is -0.930. The van der Waals surface area contributed by atoms with Crippen LogP contribution in [0.2, 0.25) is 0 Å². The summed E-state index contributed by atoms with van der Waals surface area (Å²) >= 11 is 0. The number of halogens is 2. The Labute approximate surface area is 173 Å². The molecule has 2 atom stereocenters. The van der Waals surface area contributed by atoms with Crippen molar-refractivity contribution in [3.63, 3.8) is 0 Å². The molecule has 1 aliphatic heterocycles. The SMILES string of the molecule is CN=C(NCc1ccc(F)c(COC)c1)NC1CN(C(C)C)CC1C.I. The van der Waals surface area contributed by atoms with Crippen molar-refractivity contribution >= 4 is 29.9 Å². The van der Waals surface area contributed by atoms with Crippen molar-refractivity contribution in [2.24, 2.45) is 10.9 Å². The quantitative estimate of drug-likeness (QED) is 0.375. The largest absolute Gasteiger partial charge is 0.380 e. The Morgan fingerprint density at radius 2 is 2.12 bits per heavy atom. The highest BCUT2D eigenvalue weighted by molar-refractivity contribution is 14.0. The van der Waals surface area contributed by atoms with Crippen LogP contribution in [-0.2, 0) is 17.9 Å². The van der Waals surface area contributed by atoms with Gasteiger partial charge in [-0.05, 0) is 37.5 Å². The van der Waals surface area contributed by atoms with E-state index < -0.39 is 0 Å². The monoisotopic (exact) mass is 478 g/mol. The van der Waals surface area contributed by atoms with Crippen LogP contribution in [0.5, 0.6) is 0 Å². The number of ether oxygens (including phenoxy) is 1. The number of hydrogen-bond donors (Lipinski definition) is 2. The Kier molecular flexibility index (Phi) is 9.81. The van der Waals surface area contributed by atoms with Gasteiger partial charge in [-0.1, -0.05) is 13.0 Å². The second kappa shape index (κ2) is 11.0. The second-order valence-electron chi connectivity index (χ2n) is 7.06. The average molecular weight is 478 g/mol. The number of nitrogens with zero attached hydrogens (tertiary/aromatic N) is 2. The van der Waals surface area contributed by atoms with Crippen molar-refractivity contribution < 1.29 is 9.13 Å². The number of hydrogen-bond acceptors (Lipinski definition) is 3. The van der Waals surface area contributed by atoms with Gasteiger partial charge in [-0.25, -0.2) is 4.39 Å². The zero-order valence-electron chi connectivity index (χ0n) is 16.4. The molecule has 148 valence electrons. The number of benzene rings is 1. The van der Waals surface area contributed by atoms with E-state index in [-0.39, 0.29) is 36.4 Å². The molecule has 1 aromatic rings. The van der Waals surface area contributed by atoms with Gasteiger partial charge in [0, 0.05) is 51.4 Å². The lowest BCUT2D eigenvalue weighted by Crippen LogP contribution is -2.46. The number of guanidine groups is 1. The minimum Gasteiger partial charge on any atom is -0.380 e. The van der Waals surface area contributed by atoms with E-state index in [0.29, 0.717) is 30.1 Å². The fraction of sp³-hybridized carbons (Fsp3) is 0.632. The molecule has 0 aromatic heterocycles. The Balaban J connectivity index is 0.00000338. The molecule has 2 rings (SSSR count). The summed E-state index contributed by atoms with van der Waals surface area (Å²) in [5.74, 6) is 1.11. The van der Waals surface area contributed by atoms with Crippen LogP contribution in [0.4, 0.5) is 4.39 Å². The van der Waals surface area contributed by atoms with Crippen molar-refractivity contribution in [3.8, 4) is 0 Å². The molecule has 5 nitrogen and oxygen atoms in total. The molecule has 1 saturated heterocycles. The van der Waals surface area contributed by atoms with Crippen molar-refractivity contribution in [1.82, 2.24) is 15.5 Å². The highest BCUT2D eigenvalue weighted by Crippen LogP contribution is 2.18. The Bertz CT molecular complexity index is 597. The van der Waals surface area contributed by atoms with Crippen LogP contribution >= 0.6 is 24.0 Å². The molecule has 1 fully saturated rings. The lowest BCUT2D eigenvalue weighted by molar-refractivity contribution is 0.181. The topological polar surface area (TPSA) is 48.9 Å². The van der Waals surface area contributed by atoms with Crippen LogP contribution in [0.25, 0.3) is 0 Å². The Morgan fingerprint density at radius 1 is 1.38 bits per heavy atom. The van der Waals surface area contributed by atoms with Crippen molar-refractivity contribution in [1.29, 1.82) is 0 Å². The van der Waals surface area contributed by atoms with E-state index in [1.807, 2.05) is 6.07 Å². The summed E-state index contributed by atoms with van der Waals surface area (Å²) in [7, 11) is 3.34. The van der Waals surface area contributed by atoms with Gasteiger partial charge in [0.05, 0.1) is 6.61 Å². The molecule has 1 heterocycles. The van der Waals surface area contributed by atoms with Gasteiger partial charge in [0.1, 0.15) is 5.82 Å². The smallest absolute Gasteiger partial charge is 0.191 e. The van der Waals surface area contributed by atoms with Gasteiger partial charge >= 0.3 is 0 Å². The molecule has 2 N–H and O–H groups in total. The van der Waals surface area contributed by atoms with E-state index in [1.165, 1.54) is 6.07 Å². The summed E-state index contributed by atoms with van der Waals surface area (Å²) in [6.07, 6.45) is 0. The summed E-state index contributed by atoms with van der Waals surface area (Å²) in [6.45, 7) is 9.72. The van der Waals surface area contributed by atoms with Gasteiger partial charge in [0.25, 0.3) is 0 Å². The van der Waals surface area contributed by atoms with E-state index in [2.05, 4.69) is 41.3 Å². The van der Waals surface area contributed by atoms with Crippen LogP contribution in [0.1, 0.15) is 31.9 Å². The van der Waals surface area contributed by atoms with E-state index in [1.54, 1.807) is 20.2 Å². The van der Waals surface area contributed by atoms with Gasteiger partial charge in [0.2, 0.25) is 0 Å². The third kappa shape index (κ3) is 6.35. The van der Waals surface area contributed by atoms with Crippen molar-refractivity contribution in [3.05, 3.63) is 35.1 Å². The third-order valence-corrected chi connectivity index (χ3v) is 4.79. The molecule has 0 bridgehead atoms. The van der Waals surface area contributed by atoms with Crippen molar-refractivity contribution in [2.45, 2.75) is 46.0 Å². The first-order valence-corrected chi connectivity index (χ1v) is 8.92. The Morgan fingerprint density at radius 3 is 2.69 bits per heavy atom. The first-order valence-electron chi connectivity index (χ1n) is 8.92. The first-order chi connectivity index (χ1) is 11.9. The number of nitrogens with one attached hydrogen (secondary N) is 2. The maximum Gasteiger partial charge on any atom is 0.191 e. The molecule has 0 radical (unpaired) electrons. The van der Waals surface area contributed by atoms with Gasteiger partial charge in [-0.2, -0.15) is 0 Å². The maximum atomic E-state index is 13.7. The summed E-state index contributed by atoms with van der Waals surface area (Å²) in [5, 5.41) is 6.84. The minimum atomic E-state index is -0.235. The van der Waals surface area contributed by atoms with Gasteiger partial charge in [-0.15, -0.1) is 24.0 Å². The molecule has 0 aliphatic carbocycles. The van der Waals surface area contributed by atoms with Gasteiger partial charge in [0.15, 0.2) is 5.96 Å². The molecular weight excluding hydrogens is 446 g/mol. The van der Waals surface area contributed by atoms with Crippen LogP contribution in [0.3, 0.4) is 0 Å². The summed E-state index contributed by atoms with van der Waals surface area (Å²) < 4.78 is 18.7. The fourth-order valence-corrected chi connectivity index (χ4v) is 3.17. The predicted molar refractivity (Wildman–Crippen MR) is 116 cm³/mol. The second-order valence-corrected chi connectivity index (χ2v) is 7.06. The zero-order chi connectivity index (χ0) is 18.4. The lowest BCUT2D eigenvalue weighted by Gasteiger charge is -2.22. The fourth-order valence-electron chi connectivity index (χ4n) is 3.17. The molecule has 1 aliphatic rings. The molecule has 0 spiro atoms. The predicted octanol–water partition coefficient (Wildman–Crippen LogP) is 2.98. The standard InChI is InChI=1S/C19H31FN4O.HI/c1-13(2)24-10-14(3)18(11-24)23-19(21-4)22-9-15-6-7-17(20)16(8-15)12-25-5;/h6-8,13-14,18H,9-12H2,1-5H3,(H2,21,22,23);1H. The maximum absolute atomic E-state index is 13.7. The molecular formula is C19H32FIN4O. The van der Waals surface area contributed by atoms with Crippen LogP contribution in [0, 0.1) is 11.7 Å². The van der Waals surface area contributed by atoms with Crippen molar-refractivity contribution in [2.75, 3.05) is 27.2 Å². The van der Waals surface area contributed by atoms with Crippen LogP contribution in [0.15, 0.2) is 23.2 Å². The lowest BCUT2D eigenvalue weighted by atomic mass is 10.1. The van der Waals surface area contributed by atoms with Crippen LogP contribution in [-0.4, -0.2) is 50.2 Å². The summed E-state index contributed by atoms with van der Waals surface area (Å²) in [5.41, 5.74) is 1.57. The van der Waals surface area contributed by atoms with E-state index in [4.69, 9.17) is 4.74 Å². The molecule has 7 heteroatoms. The highest BCUT2D eigenvalue weighted by Gasteiger charge is 2.31. The van der Waals surface area contributed by atoms with Gasteiger partial charge < -0.3 is 15.4 Å². The van der Waals surface area contributed by atoms with Crippen LogP contribution < -0.4 is 10.6 Å². The van der Waals surface area contributed by atoms with Gasteiger partial charge in [-0.3, -0.25) is 9.89 Å². The number of aliphatic imine (C=N–C) groups is 1. The molecule has 2 unspecified atom stereocenters. The normalized spacial score (nSPS) is 21.0. The third-order valence-electron chi connectivity index (χ3n) is 4.79. The number of methoxy groups -OCH3 is 1. The average Bonchev–Trinajstić information content (AvgIpc) is 2.95. The molecule has 0 amide bonds. The van der Waals surface area contributed by atoms with E-state index >= 15 is 0 Å². The number of rotatable bonds is 6. The number of likely N-dealkylation sites (tertiary alicyclic amines) is 1. The highest BCUT2D eigenvalue weighted by atomic mass is 127. The summed E-state index contributed by atoms with van der Waals surface area (Å²) in [4.78, 5) is 6.80. The van der Waals surface area contributed by atoms with E-state index in [0.717, 1.165) is 24.6 Å². The summed E-state index contributed by atoms with van der Waals surface area (Å²) in [6, 6.07) is 6.04. The molecule has 26 heavy (non-hydrogen) atoms. The first kappa shape index (κ1) is 23.1. The van der Waals surface area contributed by atoms with E-state index in [9.17, 15) is 4.39 Å². The molecule has 1 aromatic carbocycles.